The quantitative estimate of drug-likeness (QED) is 0.727. The average Bonchev–Trinajstić information content (AvgIpc) is 2.68. The highest BCUT2D eigenvalue weighted by atomic mass is 32.2. The van der Waals surface area contributed by atoms with E-state index in [1.54, 1.807) is 26.3 Å². The number of fused-ring (bicyclic) bond motifs is 1. The first kappa shape index (κ1) is 22.3. The van der Waals surface area contributed by atoms with Gasteiger partial charge in [0.25, 0.3) is 5.91 Å². The standard InChI is InChI=1S/C24H37NO3S/c1-16-8-9-21-23(2,3)10-7-11-24(21,4)20(16)15-29(27)19-13-17(22(26)25-5)12-18(14-19)28-6/h12-14,16,20-21H,7-11,15H2,1-6H3,(H,25,26). The Morgan fingerprint density at radius 1 is 1.21 bits per heavy atom. The maximum absolute atomic E-state index is 13.5. The molecule has 162 valence electrons. The predicted molar refractivity (Wildman–Crippen MR) is 119 cm³/mol. The molecule has 0 spiro atoms. The normalized spacial score (nSPS) is 32.1. The minimum absolute atomic E-state index is 0.186. The van der Waals surface area contributed by atoms with Crippen LogP contribution in [0.5, 0.6) is 5.75 Å². The van der Waals surface area contributed by atoms with Crippen molar-refractivity contribution in [3.63, 3.8) is 0 Å². The highest BCUT2D eigenvalue weighted by molar-refractivity contribution is 7.85. The Morgan fingerprint density at radius 3 is 2.59 bits per heavy atom. The maximum Gasteiger partial charge on any atom is 0.251 e. The Kier molecular flexibility index (Phi) is 6.47. The second-order valence-corrected chi connectivity index (χ2v) is 11.5. The second kappa shape index (κ2) is 8.41. The van der Waals surface area contributed by atoms with E-state index in [-0.39, 0.29) is 11.3 Å². The minimum Gasteiger partial charge on any atom is -0.497 e. The van der Waals surface area contributed by atoms with Gasteiger partial charge < -0.3 is 10.1 Å². The van der Waals surface area contributed by atoms with Crippen LogP contribution in [0.3, 0.4) is 0 Å². The van der Waals surface area contributed by atoms with Crippen LogP contribution in [-0.2, 0) is 10.8 Å². The molecule has 2 aliphatic rings. The molecule has 0 saturated heterocycles. The summed E-state index contributed by atoms with van der Waals surface area (Å²) < 4.78 is 18.9. The van der Waals surface area contributed by atoms with Crippen LogP contribution in [0.4, 0.5) is 0 Å². The molecular weight excluding hydrogens is 382 g/mol. The van der Waals surface area contributed by atoms with E-state index in [4.69, 9.17) is 4.74 Å². The van der Waals surface area contributed by atoms with E-state index >= 15 is 0 Å². The van der Waals surface area contributed by atoms with Crippen LogP contribution in [0.2, 0.25) is 0 Å². The number of methoxy groups -OCH3 is 1. The van der Waals surface area contributed by atoms with Gasteiger partial charge in [-0.1, -0.05) is 40.5 Å². The molecule has 1 aromatic carbocycles. The van der Waals surface area contributed by atoms with Crippen LogP contribution < -0.4 is 10.1 Å². The lowest BCUT2D eigenvalue weighted by Crippen LogP contribution is -2.52. The summed E-state index contributed by atoms with van der Waals surface area (Å²) in [7, 11) is 2.01. The topological polar surface area (TPSA) is 55.4 Å². The van der Waals surface area contributed by atoms with E-state index in [9.17, 15) is 9.00 Å². The van der Waals surface area contributed by atoms with Gasteiger partial charge in [0.1, 0.15) is 5.75 Å². The number of amides is 1. The number of hydrogen-bond acceptors (Lipinski definition) is 3. The highest BCUT2D eigenvalue weighted by Crippen LogP contribution is 2.61. The maximum atomic E-state index is 13.5. The number of hydrogen-bond donors (Lipinski definition) is 1. The van der Waals surface area contributed by atoms with Crippen LogP contribution in [0, 0.1) is 28.6 Å². The van der Waals surface area contributed by atoms with Gasteiger partial charge in [-0.2, -0.15) is 0 Å². The van der Waals surface area contributed by atoms with E-state index in [0.717, 1.165) is 0 Å². The summed E-state index contributed by atoms with van der Waals surface area (Å²) in [4.78, 5) is 12.8. The number of rotatable bonds is 5. The zero-order valence-electron chi connectivity index (χ0n) is 18.8. The molecule has 5 unspecified atom stereocenters. The van der Waals surface area contributed by atoms with Crippen LogP contribution in [0.1, 0.15) is 70.2 Å². The summed E-state index contributed by atoms with van der Waals surface area (Å²) in [5.41, 5.74) is 1.09. The van der Waals surface area contributed by atoms with Gasteiger partial charge in [0.2, 0.25) is 0 Å². The van der Waals surface area contributed by atoms with Crippen molar-refractivity contribution in [3.05, 3.63) is 23.8 Å². The second-order valence-electron chi connectivity index (χ2n) is 10.1. The number of ether oxygens (including phenoxy) is 1. The van der Waals surface area contributed by atoms with Crippen molar-refractivity contribution in [2.75, 3.05) is 19.9 Å². The molecule has 0 aromatic heterocycles. The highest BCUT2D eigenvalue weighted by Gasteiger charge is 2.53. The minimum atomic E-state index is -1.17. The van der Waals surface area contributed by atoms with Crippen LogP contribution in [0.25, 0.3) is 0 Å². The fraction of sp³-hybridized carbons (Fsp3) is 0.708. The molecule has 0 aliphatic heterocycles. The Balaban J connectivity index is 1.90. The lowest BCUT2D eigenvalue weighted by atomic mass is 9.47. The molecule has 3 rings (SSSR count). The summed E-state index contributed by atoms with van der Waals surface area (Å²) in [5, 5.41) is 2.65. The smallest absolute Gasteiger partial charge is 0.251 e. The molecule has 5 atom stereocenters. The van der Waals surface area contributed by atoms with Crippen LogP contribution >= 0.6 is 0 Å². The third kappa shape index (κ3) is 4.26. The first-order valence-corrected chi connectivity index (χ1v) is 12.2. The van der Waals surface area contributed by atoms with Crippen LogP contribution in [0.15, 0.2) is 23.1 Å². The van der Waals surface area contributed by atoms with Gasteiger partial charge in [0.05, 0.1) is 17.9 Å². The summed E-state index contributed by atoms with van der Waals surface area (Å²) in [6, 6.07) is 5.28. The van der Waals surface area contributed by atoms with Gasteiger partial charge in [0.15, 0.2) is 0 Å². The number of benzene rings is 1. The van der Waals surface area contributed by atoms with Gasteiger partial charge in [-0.05, 0) is 66.0 Å². The fourth-order valence-corrected chi connectivity index (χ4v) is 8.06. The Morgan fingerprint density at radius 2 is 1.93 bits per heavy atom. The van der Waals surface area contributed by atoms with Crippen molar-refractivity contribution >= 4 is 16.7 Å². The molecule has 4 nitrogen and oxygen atoms in total. The SMILES string of the molecule is CNC(=O)c1cc(OC)cc(S(=O)CC2C(C)CCC3C(C)(C)CCCC23C)c1. The first-order chi connectivity index (χ1) is 13.6. The number of nitrogens with one attached hydrogen (secondary N) is 1. The third-order valence-electron chi connectivity index (χ3n) is 7.92. The molecular formula is C24H37NO3S. The zero-order chi connectivity index (χ0) is 21.4. The van der Waals surface area contributed by atoms with Gasteiger partial charge >= 0.3 is 0 Å². The van der Waals surface area contributed by atoms with Gasteiger partial charge in [-0.3, -0.25) is 9.00 Å². The lowest BCUT2D eigenvalue weighted by Gasteiger charge is -2.59. The monoisotopic (exact) mass is 419 g/mol. The largest absolute Gasteiger partial charge is 0.497 e. The Bertz CT molecular complexity index is 790. The Hall–Kier alpha value is -1.36. The summed E-state index contributed by atoms with van der Waals surface area (Å²) >= 11 is 0. The van der Waals surface area contributed by atoms with Gasteiger partial charge in [-0.15, -0.1) is 0 Å². The molecule has 1 aromatic rings. The van der Waals surface area contributed by atoms with E-state index in [0.29, 0.717) is 45.1 Å². The molecule has 0 radical (unpaired) electrons. The van der Waals surface area contributed by atoms with Crippen molar-refractivity contribution in [1.29, 1.82) is 0 Å². The van der Waals surface area contributed by atoms with E-state index < -0.39 is 10.8 Å². The number of carbonyl (C=O) groups excluding carboxylic acids is 1. The van der Waals surface area contributed by atoms with Gasteiger partial charge in [0, 0.05) is 23.3 Å². The van der Waals surface area contributed by atoms with Crippen molar-refractivity contribution in [3.8, 4) is 5.75 Å². The molecule has 2 fully saturated rings. The average molecular weight is 420 g/mol. The Labute approximate surface area is 178 Å². The third-order valence-corrected chi connectivity index (χ3v) is 9.34. The molecule has 29 heavy (non-hydrogen) atoms. The molecule has 0 heterocycles. The summed E-state index contributed by atoms with van der Waals surface area (Å²) in [5.74, 6) is 2.73. The van der Waals surface area contributed by atoms with Crippen molar-refractivity contribution in [2.24, 2.45) is 28.6 Å². The molecule has 1 N–H and O–H groups in total. The molecule has 0 bridgehead atoms. The van der Waals surface area contributed by atoms with Crippen LogP contribution in [-0.4, -0.2) is 30.0 Å². The number of carbonyl (C=O) groups is 1. The molecule has 1 amide bonds. The summed E-state index contributed by atoms with van der Waals surface area (Å²) in [6.07, 6.45) is 6.29. The zero-order valence-corrected chi connectivity index (χ0v) is 19.7. The van der Waals surface area contributed by atoms with Gasteiger partial charge in [-0.25, -0.2) is 0 Å². The lowest BCUT2D eigenvalue weighted by molar-refractivity contribution is -0.0853. The van der Waals surface area contributed by atoms with E-state index in [1.807, 2.05) is 6.07 Å². The van der Waals surface area contributed by atoms with E-state index in [2.05, 4.69) is 33.0 Å². The summed E-state index contributed by atoms with van der Waals surface area (Å²) in [6.45, 7) is 9.65. The molecule has 2 saturated carbocycles. The van der Waals surface area contributed by atoms with Crippen molar-refractivity contribution in [2.45, 2.75) is 64.7 Å². The molecule has 2 aliphatic carbocycles. The predicted octanol–water partition coefficient (Wildman–Crippen LogP) is 5.04. The molecule has 5 heteroatoms. The fourth-order valence-electron chi connectivity index (χ4n) is 6.32. The van der Waals surface area contributed by atoms with E-state index in [1.165, 1.54) is 32.1 Å². The van der Waals surface area contributed by atoms with Crippen molar-refractivity contribution in [1.82, 2.24) is 5.32 Å². The van der Waals surface area contributed by atoms with Crippen molar-refractivity contribution < 1.29 is 13.7 Å². The first-order valence-electron chi connectivity index (χ1n) is 10.9.